The third-order valence-corrected chi connectivity index (χ3v) is 3.34. The molecule has 2 heterocycles. The molecular weight excluding hydrogens is 331 g/mol. The van der Waals surface area contributed by atoms with Crippen LogP contribution in [0.15, 0.2) is 33.5 Å². The van der Waals surface area contributed by atoms with Gasteiger partial charge in [-0.3, -0.25) is 4.79 Å². The van der Waals surface area contributed by atoms with E-state index in [0.717, 1.165) is 0 Å². The molecule has 0 unspecified atom stereocenters. The lowest BCUT2D eigenvalue weighted by Gasteiger charge is -2.04. The van der Waals surface area contributed by atoms with E-state index in [-0.39, 0.29) is 16.7 Å². The molecular formula is C10H5BrCl2N2O2. The van der Waals surface area contributed by atoms with E-state index < -0.39 is 0 Å². The molecule has 0 atom stereocenters. The topological polar surface area (TPSA) is 55.1 Å². The van der Waals surface area contributed by atoms with Gasteiger partial charge >= 0.3 is 0 Å². The van der Waals surface area contributed by atoms with Gasteiger partial charge in [0.25, 0.3) is 5.91 Å². The van der Waals surface area contributed by atoms with Crippen molar-refractivity contribution in [2.45, 2.75) is 0 Å². The molecule has 17 heavy (non-hydrogen) atoms. The molecule has 1 N–H and O–H groups in total. The van der Waals surface area contributed by atoms with Gasteiger partial charge in [-0.25, -0.2) is 4.98 Å². The zero-order chi connectivity index (χ0) is 12.4. The van der Waals surface area contributed by atoms with Gasteiger partial charge in [-0.2, -0.15) is 0 Å². The molecule has 0 aliphatic rings. The molecule has 0 fully saturated rings. The smallest absolute Gasteiger partial charge is 0.260 e. The second-order valence-electron chi connectivity index (χ2n) is 3.06. The summed E-state index contributed by atoms with van der Waals surface area (Å²) in [5.74, 6) is -0.375. The standard InChI is InChI=1S/C10H5BrCl2N2O2/c11-7-3-5(4-14-8(7)12)15-10(16)6-1-2-17-9(6)13/h1-4H,(H,15,16). The van der Waals surface area contributed by atoms with E-state index in [2.05, 4.69) is 26.2 Å². The lowest BCUT2D eigenvalue weighted by atomic mass is 10.3. The number of anilines is 1. The number of nitrogens with zero attached hydrogens (tertiary/aromatic N) is 1. The average Bonchev–Trinajstić information content (AvgIpc) is 2.70. The number of carbonyl (C=O) groups excluding carboxylic acids is 1. The quantitative estimate of drug-likeness (QED) is 0.844. The highest BCUT2D eigenvalue weighted by Gasteiger charge is 2.13. The summed E-state index contributed by atoms with van der Waals surface area (Å²) in [6.07, 6.45) is 2.78. The zero-order valence-electron chi connectivity index (χ0n) is 8.21. The Morgan fingerprint density at radius 3 is 2.82 bits per heavy atom. The monoisotopic (exact) mass is 334 g/mol. The summed E-state index contributed by atoms with van der Waals surface area (Å²) < 4.78 is 5.42. The van der Waals surface area contributed by atoms with Crippen LogP contribution in [-0.4, -0.2) is 10.9 Å². The van der Waals surface area contributed by atoms with Gasteiger partial charge in [-0.1, -0.05) is 11.6 Å². The highest BCUT2D eigenvalue weighted by Crippen LogP contribution is 2.24. The van der Waals surface area contributed by atoms with Crippen LogP contribution in [0.1, 0.15) is 10.4 Å². The van der Waals surface area contributed by atoms with Gasteiger partial charge in [-0.05, 0) is 39.7 Å². The maximum absolute atomic E-state index is 11.8. The first-order chi connectivity index (χ1) is 8.08. The maximum atomic E-state index is 11.8. The van der Waals surface area contributed by atoms with Gasteiger partial charge < -0.3 is 9.73 Å². The molecule has 0 aliphatic heterocycles. The minimum absolute atomic E-state index is 0.0449. The molecule has 0 aromatic carbocycles. The minimum Gasteiger partial charge on any atom is -0.452 e. The highest BCUT2D eigenvalue weighted by atomic mass is 79.9. The number of furan rings is 1. The summed E-state index contributed by atoms with van der Waals surface area (Å²) in [5, 5.41) is 2.99. The first-order valence-corrected chi connectivity index (χ1v) is 5.98. The fraction of sp³-hybridized carbons (Fsp3) is 0. The second-order valence-corrected chi connectivity index (χ2v) is 4.61. The Kier molecular flexibility index (Phi) is 3.71. The van der Waals surface area contributed by atoms with E-state index in [1.807, 2.05) is 0 Å². The van der Waals surface area contributed by atoms with Crippen LogP contribution in [0, 0.1) is 0 Å². The lowest BCUT2D eigenvalue weighted by Crippen LogP contribution is -2.11. The zero-order valence-corrected chi connectivity index (χ0v) is 11.3. The van der Waals surface area contributed by atoms with Gasteiger partial charge in [-0.15, -0.1) is 0 Å². The molecule has 0 saturated carbocycles. The van der Waals surface area contributed by atoms with Gasteiger partial charge in [0.15, 0.2) is 0 Å². The molecule has 2 aromatic rings. The summed E-state index contributed by atoms with van der Waals surface area (Å²) in [7, 11) is 0. The average molecular weight is 336 g/mol. The van der Waals surface area contributed by atoms with Gasteiger partial charge in [0.1, 0.15) is 5.15 Å². The molecule has 2 rings (SSSR count). The fourth-order valence-electron chi connectivity index (χ4n) is 1.14. The van der Waals surface area contributed by atoms with Crippen molar-refractivity contribution in [3.63, 3.8) is 0 Å². The first kappa shape index (κ1) is 12.4. The van der Waals surface area contributed by atoms with E-state index in [1.54, 1.807) is 6.07 Å². The number of nitrogens with one attached hydrogen (secondary N) is 1. The molecule has 4 nitrogen and oxygen atoms in total. The predicted octanol–water partition coefficient (Wildman–Crippen LogP) is 4.00. The number of halogens is 3. The number of hydrogen-bond donors (Lipinski definition) is 1. The third kappa shape index (κ3) is 2.80. The largest absolute Gasteiger partial charge is 0.452 e. The molecule has 7 heteroatoms. The second kappa shape index (κ2) is 5.08. The lowest BCUT2D eigenvalue weighted by molar-refractivity contribution is 0.102. The first-order valence-electron chi connectivity index (χ1n) is 4.43. The van der Waals surface area contributed by atoms with E-state index >= 15 is 0 Å². The summed E-state index contributed by atoms with van der Waals surface area (Å²) in [6, 6.07) is 3.12. The van der Waals surface area contributed by atoms with Crippen molar-refractivity contribution in [2.24, 2.45) is 0 Å². The number of hydrogen-bond acceptors (Lipinski definition) is 3. The number of pyridine rings is 1. The van der Waals surface area contributed by atoms with Crippen LogP contribution in [0.3, 0.4) is 0 Å². The van der Waals surface area contributed by atoms with Crippen molar-refractivity contribution in [3.05, 3.63) is 45.0 Å². The van der Waals surface area contributed by atoms with Gasteiger partial charge in [0, 0.05) is 0 Å². The predicted molar refractivity (Wildman–Crippen MR) is 68.6 cm³/mol. The molecule has 0 aliphatic carbocycles. The normalized spacial score (nSPS) is 10.3. The number of amides is 1. The molecule has 88 valence electrons. The van der Waals surface area contributed by atoms with Crippen LogP contribution in [0.4, 0.5) is 5.69 Å². The van der Waals surface area contributed by atoms with Crippen LogP contribution < -0.4 is 5.32 Å². The van der Waals surface area contributed by atoms with Crippen molar-refractivity contribution in [1.29, 1.82) is 0 Å². The molecule has 0 saturated heterocycles. The van der Waals surface area contributed by atoms with Crippen LogP contribution in [0.5, 0.6) is 0 Å². The van der Waals surface area contributed by atoms with Crippen LogP contribution >= 0.6 is 39.1 Å². The molecule has 2 aromatic heterocycles. The Morgan fingerprint density at radius 1 is 1.47 bits per heavy atom. The number of aromatic nitrogens is 1. The maximum Gasteiger partial charge on any atom is 0.260 e. The van der Waals surface area contributed by atoms with Crippen LogP contribution in [0.2, 0.25) is 10.4 Å². The summed E-state index contributed by atoms with van der Waals surface area (Å²) in [6.45, 7) is 0. The van der Waals surface area contributed by atoms with Gasteiger partial charge in [0.2, 0.25) is 5.22 Å². The highest BCUT2D eigenvalue weighted by molar-refractivity contribution is 9.10. The Hall–Kier alpha value is -1.04. The number of rotatable bonds is 2. The van der Waals surface area contributed by atoms with E-state index in [0.29, 0.717) is 15.3 Å². The molecule has 0 spiro atoms. The van der Waals surface area contributed by atoms with Crippen LogP contribution in [0.25, 0.3) is 0 Å². The molecule has 0 radical (unpaired) electrons. The van der Waals surface area contributed by atoms with E-state index in [1.165, 1.54) is 18.5 Å². The molecule has 0 bridgehead atoms. The van der Waals surface area contributed by atoms with E-state index in [4.69, 9.17) is 27.6 Å². The van der Waals surface area contributed by atoms with Crippen molar-refractivity contribution < 1.29 is 9.21 Å². The fourth-order valence-corrected chi connectivity index (χ4v) is 1.80. The Labute approximate surface area is 115 Å². The summed E-state index contributed by atoms with van der Waals surface area (Å²) >= 11 is 14.6. The Bertz CT molecular complexity index is 571. The summed E-state index contributed by atoms with van der Waals surface area (Å²) in [5.41, 5.74) is 0.765. The summed E-state index contributed by atoms with van der Waals surface area (Å²) in [4.78, 5) is 15.6. The third-order valence-electron chi connectivity index (χ3n) is 1.92. The van der Waals surface area contributed by atoms with Crippen molar-refractivity contribution in [3.8, 4) is 0 Å². The van der Waals surface area contributed by atoms with Gasteiger partial charge in [0.05, 0.1) is 28.2 Å². The Morgan fingerprint density at radius 2 is 2.24 bits per heavy atom. The van der Waals surface area contributed by atoms with Crippen molar-refractivity contribution >= 4 is 50.7 Å². The van der Waals surface area contributed by atoms with Crippen molar-refractivity contribution in [2.75, 3.05) is 5.32 Å². The van der Waals surface area contributed by atoms with E-state index in [9.17, 15) is 4.79 Å². The van der Waals surface area contributed by atoms with Crippen LogP contribution in [-0.2, 0) is 0 Å². The number of carbonyl (C=O) groups is 1. The Balaban J connectivity index is 2.19. The molecule has 1 amide bonds. The minimum atomic E-state index is -0.375. The van der Waals surface area contributed by atoms with Crippen molar-refractivity contribution in [1.82, 2.24) is 4.98 Å². The SMILES string of the molecule is O=C(Nc1cnc(Cl)c(Br)c1)c1ccoc1Cl.